The normalized spacial score (nSPS) is 11.1. The van der Waals surface area contributed by atoms with Crippen molar-refractivity contribution in [3.63, 3.8) is 0 Å². The third-order valence-corrected chi connectivity index (χ3v) is 5.31. The second-order valence-electron chi connectivity index (χ2n) is 7.56. The van der Waals surface area contributed by atoms with E-state index in [9.17, 15) is 0 Å². The van der Waals surface area contributed by atoms with Crippen molar-refractivity contribution in [1.29, 1.82) is 0 Å². The van der Waals surface area contributed by atoms with Gasteiger partial charge in [0, 0.05) is 22.6 Å². The van der Waals surface area contributed by atoms with Crippen molar-refractivity contribution in [1.82, 2.24) is 14.4 Å². The van der Waals surface area contributed by atoms with Crippen LogP contribution in [0.4, 0.5) is 11.5 Å². The minimum atomic E-state index is 0.686. The fourth-order valence-electron chi connectivity index (χ4n) is 3.79. The number of aromatic nitrogens is 3. The number of para-hydroxylation sites is 1. The molecular formula is C24H26N4O. The molecule has 148 valence electrons. The van der Waals surface area contributed by atoms with Gasteiger partial charge in [-0.2, -0.15) is 0 Å². The Labute approximate surface area is 171 Å². The van der Waals surface area contributed by atoms with Crippen molar-refractivity contribution in [2.75, 3.05) is 12.4 Å². The highest BCUT2D eigenvalue weighted by molar-refractivity contribution is 5.81. The van der Waals surface area contributed by atoms with Gasteiger partial charge in [0.05, 0.1) is 7.11 Å². The van der Waals surface area contributed by atoms with Crippen LogP contribution in [0, 0.1) is 34.6 Å². The highest BCUT2D eigenvalue weighted by atomic mass is 16.5. The molecule has 1 N–H and O–H groups in total. The number of fused-ring (bicyclic) bond motifs is 1. The van der Waals surface area contributed by atoms with Crippen LogP contribution in [0.25, 0.3) is 17.0 Å². The van der Waals surface area contributed by atoms with Gasteiger partial charge in [-0.1, -0.05) is 30.3 Å². The Morgan fingerprint density at radius 3 is 2.28 bits per heavy atom. The fourth-order valence-corrected chi connectivity index (χ4v) is 3.79. The summed E-state index contributed by atoms with van der Waals surface area (Å²) >= 11 is 0. The molecule has 0 saturated heterocycles. The largest absolute Gasteiger partial charge is 0.496 e. The molecular weight excluding hydrogens is 360 g/mol. The summed E-state index contributed by atoms with van der Waals surface area (Å²) in [4.78, 5) is 9.57. The predicted molar refractivity (Wildman–Crippen MR) is 118 cm³/mol. The second-order valence-corrected chi connectivity index (χ2v) is 7.56. The van der Waals surface area contributed by atoms with Gasteiger partial charge in [0.1, 0.15) is 17.3 Å². The number of hydrogen-bond acceptors (Lipinski definition) is 4. The lowest BCUT2D eigenvalue weighted by molar-refractivity contribution is 0.412. The van der Waals surface area contributed by atoms with Crippen LogP contribution in [-0.2, 0) is 0 Å². The summed E-state index contributed by atoms with van der Waals surface area (Å²) in [5.41, 5.74) is 8.43. The molecule has 2 heterocycles. The molecule has 0 amide bonds. The van der Waals surface area contributed by atoms with Gasteiger partial charge in [-0.15, -0.1) is 0 Å². The maximum Gasteiger partial charge on any atom is 0.236 e. The molecule has 0 aliphatic heterocycles. The first-order valence-electron chi connectivity index (χ1n) is 9.74. The molecule has 0 aliphatic carbocycles. The van der Waals surface area contributed by atoms with Crippen LogP contribution in [0.5, 0.6) is 5.75 Å². The van der Waals surface area contributed by atoms with E-state index in [4.69, 9.17) is 9.72 Å². The number of nitrogens with zero attached hydrogens (tertiary/aromatic N) is 3. The molecule has 2 aromatic heterocycles. The van der Waals surface area contributed by atoms with Crippen LogP contribution in [-0.4, -0.2) is 21.5 Å². The maximum absolute atomic E-state index is 5.55. The average molecular weight is 386 g/mol. The molecule has 0 unspecified atom stereocenters. The summed E-state index contributed by atoms with van der Waals surface area (Å²) in [6, 6.07) is 14.6. The molecule has 29 heavy (non-hydrogen) atoms. The molecule has 5 heteroatoms. The van der Waals surface area contributed by atoms with Gasteiger partial charge in [-0.3, -0.25) is 4.40 Å². The Balaban J connectivity index is 1.99. The minimum Gasteiger partial charge on any atom is -0.496 e. The number of imidazole rings is 1. The minimum absolute atomic E-state index is 0.686. The van der Waals surface area contributed by atoms with E-state index in [0.717, 1.165) is 45.5 Å². The summed E-state index contributed by atoms with van der Waals surface area (Å²) < 4.78 is 7.63. The lowest BCUT2D eigenvalue weighted by Crippen LogP contribution is -2.03. The Kier molecular flexibility index (Phi) is 4.74. The standard InChI is InChI=1S/C24H26N4O/c1-14-10-11-19(13-20(14)29-6)22-23(26-21-15(2)8-7-9-16(21)3)28-18(5)12-17(4)25-24(28)27-22/h7-13,26H,1-6H3. The van der Waals surface area contributed by atoms with Crippen LogP contribution >= 0.6 is 0 Å². The number of ether oxygens (including phenoxy) is 1. The van der Waals surface area contributed by atoms with Crippen molar-refractivity contribution >= 4 is 17.3 Å². The zero-order valence-electron chi connectivity index (χ0n) is 17.8. The van der Waals surface area contributed by atoms with E-state index in [1.165, 1.54) is 11.1 Å². The SMILES string of the molecule is COc1cc(-c2nc3nc(C)cc(C)n3c2Nc2c(C)cccc2C)ccc1C. The zero-order valence-corrected chi connectivity index (χ0v) is 17.8. The van der Waals surface area contributed by atoms with Gasteiger partial charge in [-0.05, 0) is 63.4 Å². The third kappa shape index (κ3) is 3.33. The Morgan fingerprint density at radius 2 is 1.59 bits per heavy atom. The second kappa shape index (κ2) is 7.24. The van der Waals surface area contributed by atoms with Crippen molar-refractivity contribution in [3.05, 3.63) is 70.5 Å². The monoisotopic (exact) mass is 386 g/mol. The Morgan fingerprint density at radius 1 is 0.862 bits per heavy atom. The van der Waals surface area contributed by atoms with Gasteiger partial charge in [-0.25, -0.2) is 9.97 Å². The van der Waals surface area contributed by atoms with E-state index >= 15 is 0 Å². The van der Waals surface area contributed by atoms with Crippen molar-refractivity contribution in [2.45, 2.75) is 34.6 Å². The Hall–Kier alpha value is -3.34. The number of methoxy groups -OCH3 is 1. The van der Waals surface area contributed by atoms with Crippen molar-refractivity contribution < 1.29 is 4.74 Å². The number of rotatable bonds is 4. The molecule has 0 atom stereocenters. The molecule has 0 bridgehead atoms. The smallest absolute Gasteiger partial charge is 0.236 e. The van der Waals surface area contributed by atoms with Crippen LogP contribution in [0.15, 0.2) is 42.5 Å². The molecule has 4 rings (SSSR count). The van der Waals surface area contributed by atoms with E-state index in [0.29, 0.717) is 5.78 Å². The van der Waals surface area contributed by atoms with E-state index in [1.54, 1.807) is 7.11 Å². The number of benzene rings is 2. The van der Waals surface area contributed by atoms with Gasteiger partial charge in [0.25, 0.3) is 0 Å². The quantitative estimate of drug-likeness (QED) is 0.489. The summed E-state index contributed by atoms with van der Waals surface area (Å²) in [5.74, 6) is 2.44. The van der Waals surface area contributed by atoms with Crippen molar-refractivity contribution in [3.8, 4) is 17.0 Å². The molecule has 0 fully saturated rings. The molecule has 0 saturated carbocycles. The first-order chi connectivity index (χ1) is 13.9. The summed E-state index contributed by atoms with van der Waals surface area (Å²) in [6.07, 6.45) is 0. The molecule has 0 radical (unpaired) electrons. The molecule has 0 aliphatic rings. The summed E-state index contributed by atoms with van der Waals surface area (Å²) in [6.45, 7) is 10.3. The zero-order chi connectivity index (χ0) is 20.7. The van der Waals surface area contributed by atoms with E-state index < -0.39 is 0 Å². The third-order valence-electron chi connectivity index (χ3n) is 5.31. The number of anilines is 2. The lowest BCUT2D eigenvalue weighted by Gasteiger charge is -2.15. The number of nitrogens with one attached hydrogen (secondary N) is 1. The van der Waals surface area contributed by atoms with Crippen LogP contribution in [0.1, 0.15) is 28.1 Å². The molecule has 5 nitrogen and oxygen atoms in total. The summed E-state index contributed by atoms with van der Waals surface area (Å²) in [5, 5.41) is 3.66. The summed E-state index contributed by atoms with van der Waals surface area (Å²) in [7, 11) is 1.70. The first-order valence-corrected chi connectivity index (χ1v) is 9.74. The van der Waals surface area contributed by atoms with E-state index in [2.05, 4.69) is 71.9 Å². The Bertz CT molecular complexity index is 1200. The first kappa shape index (κ1) is 19.0. The highest BCUT2D eigenvalue weighted by Gasteiger charge is 2.19. The predicted octanol–water partition coefficient (Wildman–Crippen LogP) is 5.69. The number of hydrogen-bond donors (Lipinski definition) is 1. The van der Waals surface area contributed by atoms with Gasteiger partial charge >= 0.3 is 0 Å². The number of aryl methyl sites for hydroxylation is 5. The van der Waals surface area contributed by atoms with Gasteiger partial charge < -0.3 is 10.1 Å². The van der Waals surface area contributed by atoms with Gasteiger partial charge in [0.2, 0.25) is 5.78 Å². The molecule has 4 aromatic rings. The van der Waals surface area contributed by atoms with Crippen LogP contribution < -0.4 is 10.1 Å². The fraction of sp³-hybridized carbons (Fsp3) is 0.250. The van der Waals surface area contributed by atoms with Crippen LogP contribution in [0.2, 0.25) is 0 Å². The topological polar surface area (TPSA) is 51.5 Å². The molecule has 2 aromatic carbocycles. The highest BCUT2D eigenvalue weighted by Crippen LogP contribution is 2.35. The van der Waals surface area contributed by atoms with Crippen LogP contribution in [0.3, 0.4) is 0 Å². The average Bonchev–Trinajstić information content (AvgIpc) is 3.03. The molecule has 0 spiro atoms. The van der Waals surface area contributed by atoms with E-state index in [1.807, 2.05) is 19.9 Å². The van der Waals surface area contributed by atoms with E-state index in [-0.39, 0.29) is 0 Å². The lowest BCUT2D eigenvalue weighted by atomic mass is 10.1. The maximum atomic E-state index is 5.55. The van der Waals surface area contributed by atoms with Gasteiger partial charge in [0.15, 0.2) is 0 Å². The van der Waals surface area contributed by atoms with Crippen molar-refractivity contribution in [2.24, 2.45) is 0 Å².